The van der Waals surface area contributed by atoms with Gasteiger partial charge in [0, 0.05) is 13.0 Å². The first-order valence-corrected chi connectivity index (χ1v) is 23.5. The monoisotopic (exact) mass is 809 g/mol. The largest absolute Gasteiger partial charge is 0.472 e. The number of aliphatic hydroxyl groups is 5. The minimum atomic E-state index is -5.01. The highest BCUT2D eigenvalue weighted by molar-refractivity contribution is 7.47. The zero-order valence-corrected chi connectivity index (χ0v) is 35.4. The first-order chi connectivity index (χ1) is 26.5. The van der Waals surface area contributed by atoms with Crippen molar-refractivity contribution >= 4 is 13.8 Å². The number of rotatable bonds is 37. The van der Waals surface area contributed by atoms with E-state index >= 15 is 0 Å². The average Bonchev–Trinajstić information content (AvgIpc) is 3.17. The first-order valence-electron chi connectivity index (χ1n) is 22.0. The molecule has 0 aromatic heterocycles. The van der Waals surface area contributed by atoms with Gasteiger partial charge in [-0.1, -0.05) is 154 Å². The smallest absolute Gasteiger partial charge is 0.457 e. The van der Waals surface area contributed by atoms with E-state index in [9.17, 15) is 39.8 Å². The Labute approximate surface area is 333 Å². The number of hydrogen-bond donors (Lipinski definition) is 6. The van der Waals surface area contributed by atoms with Crippen molar-refractivity contribution in [3.05, 3.63) is 12.2 Å². The lowest BCUT2D eigenvalue weighted by molar-refractivity contribution is -0.220. The minimum Gasteiger partial charge on any atom is -0.457 e. The van der Waals surface area contributed by atoms with Crippen LogP contribution in [0.3, 0.4) is 0 Å². The van der Waals surface area contributed by atoms with Gasteiger partial charge in [-0.2, -0.15) is 0 Å². The highest BCUT2D eigenvalue weighted by Crippen LogP contribution is 2.47. The third kappa shape index (κ3) is 26.7. The molecule has 1 saturated carbocycles. The quantitative estimate of drug-likeness (QED) is 0.0152. The van der Waals surface area contributed by atoms with Crippen LogP contribution in [0.4, 0.5) is 0 Å². The number of phosphoric ester groups is 1. The lowest BCUT2D eigenvalue weighted by atomic mass is 9.85. The van der Waals surface area contributed by atoms with Crippen LogP contribution in [-0.4, -0.2) is 98.9 Å². The molecule has 0 amide bonds. The van der Waals surface area contributed by atoms with Gasteiger partial charge < -0.3 is 39.9 Å². The number of esters is 1. The summed E-state index contributed by atoms with van der Waals surface area (Å²) in [6.45, 7) is 4.23. The van der Waals surface area contributed by atoms with Crippen LogP contribution in [0.25, 0.3) is 0 Å². The van der Waals surface area contributed by atoms with Crippen molar-refractivity contribution < 1.29 is 58.3 Å². The highest BCUT2D eigenvalue weighted by Gasteiger charge is 2.51. The molecule has 6 N–H and O–H groups in total. The van der Waals surface area contributed by atoms with Gasteiger partial charge in [0.2, 0.25) is 0 Å². The summed E-state index contributed by atoms with van der Waals surface area (Å²) in [6, 6.07) is 0. The first kappa shape index (κ1) is 52.1. The summed E-state index contributed by atoms with van der Waals surface area (Å²) in [7, 11) is -5.01. The number of unbranched alkanes of at least 4 members (excludes halogenated alkanes) is 23. The third-order valence-electron chi connectivity index (χ3n) is 10.4. The fourth-order valence-corrected chi connectivity index (χ4v) is 7.79. The van der Waals surface area contributed by atoms with Gasteiger partial charge in [0.15, 0.2) is 0 Å². The fraction of sp³-hybridized carbons (Fsp3) is 0.929. The second-order valence-corrected chi connectivity index (χ2v) is 17.0. The second-order valence-electron chi connectivity index (χ2n) is 15.6. The van der Waals surface area contributed by atoms with Crippen LogP contribution in [0, 0.1) is 0 Å². The van der Waals surface area contributed by atoms with Gasteiger partial charge in [-0.05, 0) is 38.5 Å². The molecule has 0 radical (unpaired) electrons. The van der Waals surface area contributed by atoms with E-state index in [1.165, 1.54) is 122 Å². The van der Waals surface area contributed by atoms with Gasteiger partial charge in [-0.25, -0.2) is 4.57 Å². The predicted molar refractivity (Wildman–Crippen MR) is 217 cm³/mol. The van der Waals surface area contributed by atoms with Crippen molar-refractivity contribution in [3.63, 3.8) is 0 Å². The molecular weight excluding hydrogens is 727 g/mol. The maximum absolute atomic E-state index is 12.8. The zero-order chi connectivity index (χ0) is 40.6. The van der Waals surface area contributed by atoms with Crippen LogP contribution in [-0.2, 0) is 27.9 Å². The predicted octanol–water partition coefficient (Wildman–Crippen LogP) is 8.36. The summed E-state index contributed by atoms with van der Waals surface area (Å²) in [5.74, 6) is -0.480. The van der Waals surface area contributed by atoms with Gasteiger partial charge in [0.25, 0.3) is 0 Å². The number of carbonyl (C=O) groups is 1. The molecule has 1 fully saturated rings. The number of hydrogen-bond acceptors (Lipinski definition) is 11. The van der Waals surface area contributed by atoms with Crippen molar-refractivity contribution in [2.24, 2.45) is 0 Å². The topological polar surface area (TPSA) is 192 Å². The lowest BCUT2D eigenvalue weighted by Crippen LogP contribution is -2.64. The number of carbonyl (C=O) groups excluding carboxylic acids is 1. The van der Waals surface area contributed by atoms with Crippen LogP contribution in [0.1, 0.15) is 187 Å². The molecule has 0 aromatic carbocycles. The zero-order valence-electron chi connectivity index (χ0n) is 34.5. The van der Waals surface area contributed by atoms with Gasteiger partial charge in [0.1, 0.15) is 42.7 Å². The summed E-state index contributed by atoms with van der Waals surface area (Å²) in [5.41, 5.74) is 0. The molecular formula is C42H81O12P. The summed E-state index contributed by atoms with van der Waals surface area (Å²) < 4.78 is 34.0. The molecule has 55 heavy (non-hydrogen) atoms. The Morgan fingerprint density at radius 3 is 1.44 bits per heavy atom. The average molecular weight is 809 g/mol. The Morgan fingerprint density at radius 2 is 0.964 bits per heavy atom. The van der Waals surface area contributed by atoms with E-state index in [0.717, 1.165) is 38.5 Å². The summed E-state index contributed by atoms with van der Waals surface area (Å²) in [6.07, 6.45) is 23.0. The highest BCUT2D eigenvalue weighted by atomic mass is 31.2. The Balaban J connectivity index is 2.35. The number of ether oxygens (including phenoxy) is 2. The molecule has 1 aliphatic carbocycles. The van der Waals surface area contributed by atoms with Crippen molar-refractivity contribution in [1.29, 1.82) is 0 Å². The van der Waals surface area contributed by atoms with E-state index in [0.29, 0.717) is 13.0 Å². The Bertz CT molecular complexity index is 968. The summed E-state index contributed by atoms with van der Waals surface area (Å²) in [4.78, 5) is 23.0. The standard InChI is InChI=1S/C42H81O12P/c1-3-5-7-9-11-13-14-15-16-17-18-19-20-21-22-24-26-28-30-32-51-33-35(53-36(43)31-29-27-25-23-12-10-8-6-4-2)34-52-55(49,50)54-42-40(47)38(45)37(44)39(46)41(42)48/h16-17,35,37-42,44-48H,3-15,18-34H2,1-2H3,(H,49,50)/b17-16-. The molecule has 6 unspecified atom stereocenters. The molecule has 6 atom stereocenters. The van der Waals surface area contributed by atoms with Gasteiger partial charge in [-0.3, -0.25) is 13.8 Å². The molecule has 13 heteroatoms. The van der Waals surface area contributed by atoms with E-state index in [1.54, 1.807) is 0 Å². The van der Waals surface area contributed by atoms with E-state index in [1.807, 2.05) is 0 Å². The van der Waals surface area contributed by atoms with E-state index < -0.39 is 63.1 Å². The summed E-state index contributed by atoms with van der Waals surface area (Å²) in [5, 5.41) is 50.0. The lowest BCUT2D eigenvalue weighted by Gasteiger charge is -2.41. The number of allylic oxidation sites excluding steroid dienone is 2. The Kier molecular flexibility index (Phi) is 32.2. The number of phosphoric acid groups is 1. The van der Waals surface area contributed by atoms with Crippen LogP contribution < -0.4 is 0 Å². The molecule has 326 valence electrons. The Hall–Kier alpha value is -0.920. The van der Waals surface area contributed by atoms with E-state index in [-0.39, 0.29) is 13.0 Å². The second kappa shape index (κ2) is 34.0. The van der Waals surface area contributed by atoms with Gasteiger partial charge in [-0.15, -0.1) is 0 Å². The van der Waals surface area contributed by atoms with Gasteiger partial charge >= 0.3 is 13.8 Å². The minimum absolute atomic E-state index is 0.0741. The van der Waals surface area contributed by atoms with E-state index in [2.05, 4.69) is 26.0 Å². The maximum atomic E-state index is 12.8. The van der Waals surface area contributed by atoms with Crippen molar-refractivity contribution in [3.8, 4) is 0 Å². The molecule has 0 aliphatic heterocycles. The van der Waals surface area contributed by atoms with Crippen molar-refractivity contribution in [2.75, 3.05) is 19.8 Å². The van der Waals surface area contributed by atoms with Crippen LogP contribution in [0.2, 0.25) is 0 Å². The molecule has 0 heterocycles. The van der Waals surface area contributed by atoms with Crippen LogP contribution in [0.5, 0.6) is 0 Å². The molecule has 0 saturated heterocycles. The Morgan fingerprint density at radius 1 is 0.564 bits per heavy atom. The van der Waals surface area contributed by atoms with Gasteiger partial charge in [0.05, 0.1) is 13.2 Å². The van der Waals surface area contributed by atoms with Crippen molar-refractivity contribution in [1.82, 2.24) is 0 Å². The van der Waals surface area contributed by atoms with Crippen LogP contribution in [0.15, 0.2) is 12.2 Å². The van der Waals surface area contributed by atoms with Crippen molar-refractivity contribution in [2.45, 2.75) is 230 Å². The molecule has 1 aliphatic rings. The number of aliphatic hydroxyl groups excluding tert-OH is 5. The molecule has 0 spiro atoms. The van der Waals surface area contributed by atoms with Crippen LogP contribution >= 0.6 is 7.82 Å². The third-order valence-corrected chi connectivity index (χ3v) is 11.4. The van der Waals surface area contributed by atoms with E-state index in [4.69, 9.17) is 18.5 Å². The molecule has 0 bridgehead atoms. The maximum Gasteiger partial charge on any atom is 0.472 e. The summed E-state index contributed by atoms with van der Waals surface area (Å²) >= 11 is 0. The molecule has 12 nitrogen and oxygen atoms in total. The molecule has 1 rings (SSSR count). The molecule has 0 aromatic rings. The fourth-order valence-electron chi connectivity index (χ4n) is 6.82. The normalized spacial score (nSPS) is 23.3. The SMILES string of the molecule is CCCCCCCCC/C=C\CCCCCCCCCCOCC(COP(=O)(O)OC1C(O)C(O)C(O)C(O)C1O)OC(=O)CCCCCCCCCCC.